The summed E-state index contributed by atoms with van der Waals surface area (Å²) in [4.78, 5) is 14.2. The van der Waals surface area contributed by atoms with Crippen LogP contribution in [0.4, 0.5) is 5.69 Å². The number of amides is 1. The van der Waals surface area contributed by atoms with E-state index in [1.54, 1.807) is 0 Å². The molecular weight excluding hydrogens is 280 g/mol. The smallest absolute Gasteiger partial charge is 0.241 e. The van der Waals surface area contributed by atoms with E-state index >= 15 is 0 Å². The van der Waals surface area contributed by atoms with Crippen molar-refractivity contribution >= 4 is 11.6 Å². The minimum atomic E-state index is -0.419. The van der Waals surface area contributed by atoms with Crippen LogP contribution < -0.4 is 5.32 Å². The van der Waals surface area contributed by atoms with Crippen molar-refractivity contribution in [2.75, 3.05) is 38.2 Å². The van der Waals surface area contributed by atoms with Crippen molar-refractivity contribution in [1.82, 2.24) is 4.90 Å². The second kappa shape index (κ2) is 6.26. The summed E-state index contributed by atoms with van der Waals surface area (Å²) in [6.45, 7) is 7.19. The summed E-state index contributed by atoms with van der Waals surface area (Å²) >= 11 is 0. The van der Waals surface area contributed by atoms with E-state index in [1.165, 1.54) is 11.1 Å². The highest BCUT2D eigenvalue weighted by molar-refractivity contribution is 5.81. The Labute approximate surface area is 131 Å². The quantitative estimate of drug-likeness (QED) is 0.929. The highest BCUT2D eigenvalue weighted by Gasteiger charge is 2.40. The number of nitrogens with zero attached hydrogens (tertiary/aromatic N) is 1. The van der Waals surface area contributed by atoms with Crippen molar-refractivity contribution in [2.45, 2.75) is 32.5 Å². The van der Waals surface area contributed by atoms with E-state index in [2.05, 4.69) is 37.4 Å². The van der Waals surface area contributed by atoms with Gasteiger partial charge in [-0.05, 0) is 37.1 Å². The lowest BCUT2D eigenvalue weighted by atomic mass is 10.0. The number of piperidine rings is 1. The van der Waals surface area contributed by atoms with Crippen LogP contribution >= 0.6 is 0 Å². The first-order valence-corrected chi connectivity index (χ1v) is 7.94. The van der Waals surface area contributed by atoms with Gasteiger partial charge in [-0.3, -0.25) is 4.79 Å². The van der Waals surface area contributed by atoms with Crippen LogP contribution in [0, 0.1) is 13.8 Å². The number of hydrogen-bond acceptors (Lipinski definition) is 4. The fourth-order valence-corrected chi connectivity index (χ4v) is 3.25. The van der Waals surface area contributed by atoms with Crippen LogP contribution in [0.2, 0.25) is 0 Å². The molecule has 2 fully saturated rings. The number of likely N-dealkylation sites (tertiary alicyclic amines) is 1. The molecule has 1 N–H and O–H groups in total. The van der Waals surface area contributed by atoms with Crippen LogP contribution in [0.15, 0.2) is 18.2 Å². The fraction of sp³-hybridized carbons (Fsp3) is 0.588. The van der Waals surface area contributed by atoms with E-state index in [4.69, 9.17) is 9.47 Å². The zero-order valence-corrected chi connectivity index (χ0v) is 13.4. The molecule has 5 heteroatoms. The van der Waals surface area contributed by atoms with Gasteiger partial charge in [0, 0.05) is 31.6 Å². The molecule has 2 saturated heterocycles. The second-order valence-electron chi connectivity index (χ2n) is 6.22. The summed E-state index contributed by atoms with van der Waals surface area (Å²) in [7, 11) is 0. The van der Waals surface area contributed by atoms with Gasteiger partial charge in [0.25, 0.3) is 0 Å². The monoisotopic (exact) mass is 304 g/mol. The zero-order valence-electron chi connectivity index (χ0n) is 13.4. The molecule has 5 nitrogen and oxygen atoms in total. The molecule has 1 amide bonds. The molecule has 1 spiro atoms. The van der Waals surface area contributed by atoms with E-state index in [1.807, 2.05) is 4.90 Å². The Kier molecular flexibility index (Phi) is 4.36. The van der Waals surface area contributed by atoms with Gasteiger partial charge >= 0.3 is 0 Å². The zero-order chi connectivity index (χ0) is 15.6. The molecule has 0 aromatic heterocycles. The van der Waals surface area contributed by atoms with Crippen LogP contribution in [-0.2, 0) is 14.3 Å². The van der Waals surface area contributed by atoms with Gasteiger partial charge in [-0.2, -0.15) is 0 Å². The standard InChI is InChI=1S/C17H24N2O3/c1-13-9-14(2)11-15(10-13)18-12-16(20)19-5-3-17(4-6-19)21-7-8-22-17/h9-11,18H,3-8,12H2,1-2H3. The minimum Gasteiger partial charge on any atom is -0.376 e. The molecule has 120 valence electrons. The molecule has 0 radical (unpaired) electrons. The van der Waals surface area contributed by atoms with E-state index in [9.17, 15) is 4.79 Å². The third kappa shape index (κ3) is 3.42. The third-order valence-electron chi connectivity index (χ3n) is 4.36. The average molecular weight is 304 g/mol. The predicted octanol–water partition coefficient (Wildman–Crippen LogP) is 2.08. The number of hydrogen-bond donors (Lipinski definition) is 1. The van der Waals surface area contributed by atoms with Crippen LogP contribution in [0.1, 0.15) is 24.0 Å². The Morgan fingerprint density at radius 2 is 1.73 bits per heavy atom. The van der Waals surface area contributed by atoms with Crippen molar-refractivity contribution in [3.8, 4) is 0 Å². The first-order valence-electron chi connectivity index (χ1n) is 7.94. The number of carbonyl (C=O) groups excluding carboxylic acids is 1. The molecule has 0 atom stereocenters. The molecular formula is C17H24N2O3. The summed E-state index contributed by atoms with van der Waals surface area (Å²) in [5.41, 5.74) is 3.40. The maximum atomic E-state index is 12.3. The molecule has 22 heavy (non-hydrogen) atoms. The van der Waals surface area contributed by atoms with Gasteiger partial charge in [-0.15, -0.1) is 0 Å². The Morgan fingerprint density at radius 1 is 1.14 bits per heavy atom. The van der Waals surface area contributed by atoms with Gasteiger partial charge in [0.1, 0.15) is 0 Å². The SMILES string of the molecule is Cc1cc(C)cc(NCC(=O)N2CCC3(CC2)OCCO3)c1. The number of aryl methyl sites for hydroxylation is 2. The van der Waals surface area contributed by atoms with E-state index in [0.29, 0.717) is 32.8 Å². The summed E-state index contributed by atoms with van der Waals surface area (Å²) in [6, 6.07) is 6.25. The highest BCUT2D eigenvalue weighted by atomic mass is 16.7. The van der Waals surface area contributed by atoms with Gasteiger partial charge in [0.05, 0.1) is 19.8 Å². The van der Waals surface area contributed by atoms with E-state index in [0.717, 1.165) is 18.5 Å². The van der Waals surface area contributed by atoms with Gasteiger partial charge in [0.2, 0.25) is 5.91 Å². The largest absolute Gasteiger partial charge is 0.376 e. The number of carbonyl (C=O) groups is 1. The molecule has 0 aliphatic carbocycles. The van der Waals surface area contributed by atoms with E-state index in [-0.39, 0.29) is 5.91 Å². The number of benzene rings is 1. The van der Waals surface area contributed by atoms with Crippen molar-refractivity contribution in [3.05, 3.63) is 29.3 Å². The number of nitrogens with one attached hydrogen (secondary N) is 1. The third-order valence-corrected chi connectivity index (χ3v) is 4.36. The van der Waals surface area contributed by atoms with Crippen molar-refractivity contribution < 1.29 is 14.3 Å². The lowest BCUT2D eigenvalue weighted by Crippen LogP contribution is -2.48. The molecule has 3 rings (SSSR count). The van der Waals surface area contributed by atoms with Crippen LogP contribution in [0.5, 0.6) is 0 Å². The first-order chi connectivity index (χ1) is 10.6. The molecule has 0 unspecified atom stereocenters. The Bertz CT molecular complexity index is 523. The fourth-order valence-electron chi connectivity index (χ4n) is 3.25. The summed E-state index contributed by atoms with van der Waals surface area (Å²) in [5, 5.41) is 3.23. The van der Waals surface area contributed by atoms with Crippen molar-refractivity contribution in [1.29, 1.82) is 0 Å². The normalized spacial score (nSPS) is 20.4. The maximum absolute atomic E-state index is 12.3. The maximum Gasteiger partial charge on any atom is 0.241 e. The number of anilines is 1. The second-order valence-corrected chi connectivity index (χ2v) is 6.22. The van der Waals surface area contributed by atoms with Gasteiger partial charge in [-0.25, -0.2) is 0 Å². The lowest BCUT2D eigenvalue weighted by molar-refractivity contribution is -0.187. The average Bonchev–Trinajstić information content (AvgIpc) is 2.93. The Balaban J connectivity index is 1.50. The molecule has 0 saturated carbocycles. The number of rotatable bonds is 3. The summed E-state index contributed by atoms with van der Waals surface area (Å²) in [5.74, 6) is -0.287. The minimum absolute atomic E-state index is 0.131. The summed E-state index contributed by atoms with van der Waals surface area (Å²) in [6.07, 6.45) is 1.53. The Morgan fingerprint density at radius 3 is 2.32 bits per heavy atom. The van der Waals surface area contributed by atoms with Gasteiger partial charge < -0.3 is 19.7 Å². The lowest BCUT2D eigenvalue weighted by Gasteiger charge is -2.37. The van der Waals surface area contributed by atoms with Gasteiger partial charge in [0.15, 0.2) is 5.79 Å². The molecule has 2 aliphatic rings. The summed E-state index contributed by atoms with van der Waals surface area (Å²) < 4.78 is 11.4. The number of ether oxygens (including phenoxy) is 2. The topological polar surface area (TPSA) is 50.8 Å². The van der Waals surface area contributed by atoms with Crippen LogP contribution in [0.3, 0.4) is 0 Å². The van der Waals surface area contributed by atoms with Crippen LogP contribution in [-0.4, -0.2) is 49.4 Å². The molecule has 2 aliphatic heterocycles. The molecule has 2 heterocycles. The van der Waals surface area contributed by atoms with Crippen molar-refractivity contribution in [3.63, 3.8) is 0 Å². The molecule has 0 bridgehead atoms. The molecule has 1 aromatic carbocycles. The first kappa shape index (κ1) is 15.3. The van der Waals surface area contributed by atoms with E-state index < -0.39 is 5.79 Å². The highest BCUT2D eigenvalue weighted by Crippen LogP contribution is 2.31. The molecule has 1 aromatic rings. The van der Waals surface area contributed by atoms with Gasteiger partial charge in [-0.1, -0.05) is 6.07 Å². The van der Waals surface area contributed by atoms with Crippen LogP contribution in [0.25, 0.3) is 0 Å². The Hall–Kier alpha value is -1.59. The van der Waals surface area contributed by atoms with Crippen molar-refractivity contribution in [2.24, 2.45) is 0 Å². The predicted molar refractivity (Wildman–Crippen MR) is 84.9 cm³/mol.